The van der Waals surface area contributed by atoms with Crippen LogP contribution in [0.25, 0.3) is 0 Å². The van der Waals surface area contributed by atoms with Crippen molar-refractivity contribution in [2.45, 2.75) is 88.0 Å². The summed E-state index contributed by atoms with van der Waals surface area (Å²) in [6.45, 7) is 11.2. The lowest BCUT2D eigenvalue weighted by Gasteiger charge is -2.25. The van der Waals surface area contributed by atoms with E-state index in [4.69, 9.17) is 16.3 Å². The number of hydrogen-bond donors (Lipinski definition) is 0. The van der Waals surface area contributed by atoms with Gasteiger partial charge in [-0.05, 0) is 56.0 Å². The van der Waals surface area contributed by atoms with Crippen LogP contribution in [-0.4, -0.2) is 21.1 Å². The third-order valence-corrected chi connectivity index (χ3v) is 9.05. The van der Waals surface area contributed by atoms with Gasteiger partial charge in [0.25, 0.3) is 0 Å². The zero-order chi connectivity index (χ0) is 18.6. The second kappa shape index (κ2) is 9.60. The highest BCUT2D eigenvalue weighted by atomic mass is 127. The molecule has 0 aliphatic carbocycles. The lowest BCUT2D eigenvalue weighted by molar-refractivity contribution is 0.222. The Hall–Kier alpha value is 0.470. The van der Waals surface area contributed by atoms with Gasteiger partial charge in [-0.2, -0.15) is 0 Å². The summed E-state index contributed by atoms with van der Waals surface area (Å²) in [4.78, 5) is -0.114. The molecule has 1 heterocycles. The van der Waals surface area contributed by atoms with Gasteiger partial charge in [0.15, 0.2) is 0 Å². The molecule has 0 fully saturated rings. The Morgan fingerprint density at radius 3 is 2.72 bits per heavy atom. The molecule has 0 spiro atoms. The van der Waals surface area contributed by atoms with Crippen LogP contribution in [0.2, 0.25) is 0 Å². The summed E-state index contributed by atoms with van der Waals surface area (Å²) in [5, 5.41) is 1.48. The van der Waals surface area contributed by atoms with E-state index in [0.717, 1.165) is 34.0 Å². The lowest BCUT2D eigenvalue weighted by Crippen LogP contribution is -2.27. The van der Waals surface area contributed by atoms with E-state index in [9.17, 15) is 0 Å². The van der Waals surface area contributed by atoms with E-state index in [-0.39, 0.29) is 4.87 Å². The Morgan fingerprint density at radius 2 is 2.12 bits per heavy atom. The van der Waals surface area contributed by atoms with Crippen molar-refractivity contribution in [1.82, 2.24) is 0 Å². The molecular weight excluding hydrogens is 462 g/mol. The fraction of sp³-hybridized carbons (Fsp3) is 0.714. The Kier molecular flexibility index (Phi) is 8.36. The predicted molar refractivity (Wildman–Crippen MR) is 123 cm³/mol. The van der Waals surface area contributed by atoms with Crippen molar-refractivity contribution >= 4 is 48.1 Å². The molecule has 0 saturated heterocycles. The zero-order valence-electron chi connectivity index (χ0n) is 16.3. The van der Waals surface area contributed by atoms with E-state index < -0.39 is 0 Å². The molecule has 0 N–H and O–H groups in total. The minimum Gasteiger partial charge on any atom is -0.489 e. The molecule has 0 aromatic heterocycles. The SMILES string of the molecule is CCCc1cc2c(c(PCCC(C)(Cl)C(C)I)c1C)OC(CCC)C2. The number of ether oxygens (including phenoxy) is 1. The summed E-state index contributed by atoms with van der Waals surface area (Å²) < 4.78 is 6.87. The second-order valence-electron chi connectivity index (χ2n) is 7.58. The number of alkyl halides is 2. The Balaban J connectivity index is 2.21. The van der Waals surface area contributed by atoms with E-state index in [0.29, 0.717) is 10.0 Å². The normalized spacial score (nSPS) is 20.5. The smallest absolute Gasteiger partial charge is 0.130 e. The van der Waals surface area contributed by atoms with Crippen LogP contribution in [0.4, 0.5) is 0 Å². The van der Waals surface area contributed by atoms with E-state index >= 15 is 0 Å². The Labute approximate surface area is 174 Å². The Morgan fingerprint density at radius 1 is 1.40 bits per heavy atom. The van der Waals surface area contributed by atoms with Crippen LogP contribution in [0.5, 0.6) is 5.75 Å². The average Bonchev–Trinajstić information content (AvgIpc) is 2.93. The molecule has 142 valence electrons. The minimum absolute atomic E-state index is 0.114. The number of aryl methyl sites for hydroxylation is 1. The van der Waals surface area contributed by atoms with Gasteiger partial charge in [0, 0.05) is 15.6 Å². The maximum absolute atomic E-state index is 6.71. The van der Waals surface area contributed by atoms with Gasteiger partial charge in [-0.1, -0.05) is 70.9 Å². The molecule has 1 nitrogen and oxygen atoms in total. The highest BCUT2D eigenvalue weighted by Gasteiger charge is 2.29. The van der Waals surface area contributed by atoms with Gasteiger partial charge in [0.2, 0.25) is 0 Å². The molecular formula is C21H33ClIOP. The quantitative estimate of drug-likeness (QED) is 0.214. The van der Waals surface area contributed by atoms with Crippen LogP contribution in [0.3, 0.4) is 0 Å². The molecule has 2 rings (SSSR count). The molecule has 1 aliphatic rings. The first-order valence-corrected chi connectivity index (χ1v) is 12.5. The molecule has 1 aromatic rings. The van der Waals surface area contributed by atoms with E-state index in [2.05, 4.69) is 63.3 Å². The molecule has 1 aromatic carbocycles. The predicted octanol–water partition coefficient (Wildman–Crippen LogP) is 6.57. The molecule has 4 unspecified atom stereocenters. The molecule has 4 heteroatoms. The van der Waals surface area contributed by atoms with Crippen molar-refractivity contribution < 1.29 is 4.74 Å². The van der Waals surface area contributed by atoms with Crippen LogP contribution in [0, 0.1) is 6.92 Å². The highest BCUT2D eigenvalue weighted by molar-refractivity contribution is 14.1. The van der Waals surface area contributed by atoms with Gasteiger partial charge in [-0.15, -0.1) is 11.6 Å². The summed E-state index contributed by atoms with van der Waals surface area (Å²) in [5.74, 6) is 1.22. The fourth-order valence-electron chi connectivity index (χ4n) is 3.47. The summed E-state index contributed by atoms with van der Waals surface area (Å²) in [5.41, 5.74) is 4.45. The van der Waals surface area contributed by atoms with Crippen molar-refractivity contribution in [2.75, 3.05) is 6.16 Å². The minimum atomic E-state index is -0.114. The molecule has 1 aliphatic heterocycles. The summed E-state index contributed by atoms with van der Waals surface area (Å²) in [6, 6.07) is 2.43. The van der Waals surface area contributed by atoms with Crippen LogP contribution < -0.4 is 10.0 Å². The average molecular weight is 495 g/mol. The van der Waals surface area contributed by atoms with Crippen molar-refractivity contribution in [2.24, 2.45) is 0 Å². The van der Waals surface area contributed by atoms with Gasteiger partial charge < -0.3 is 4.74 Å². The molecule has 0 saturated carbocycles. The highest BCUT2D eigenvalue weighted by Crippen LogP contribution is 2.38. The van der Waals surface area contributed by atoms with Gasteiger partial charge in [-0.25, -0.2) is 0 Å². The molecule has 0 amide bonds. The van der Waals surface area contributed by atoms with Gasteiger partial charge in [-0.3, -0.25) is 0 Å². The Bertz CT molecular complexity index is 586. The zero-order valence-corrected chi connectivity index (χ0v) is 20.3. The third kappa shape index (κ3) is 5.48. The first kappa shape index (κ1) is 21.8. The number of hydrogen-bond acceptors (Lipinski definition) is 1. The van der Waals surface area contributed by atoms with Crippen LogP contribution in [0.1, 0.15) is 70.1 Å². The van der Waals surface area contributed by atoms with E-state index in [1.165, 1.54) is 47.0 Å². The van der Waals surface area contributed by atoms with E-state index in [1.54, 1.807) is 0 Å². The number of halogens is 2. The monoisotopic (exact) mass is 494 g/mol. The van der Waals surface area contributed by atoms with Crippen LogP contribution in [-0.2, 0) is 12.8 Å². The van der Waals surface area contributed by atoms with Crippen LogP contribution >= 0.6 is 42.8 Å². The van der Waals surface area contributed by atoms with Gasteiger partial charge in [0.05, 0.1) is 4.87 Å². The van der Waals surface area contributed by atoms with Crippen molar-refractivity contribution in [1.29, 1.82) is 0 Å². The van der Waals surface area contributed by atoms with Gasteiger partial charge >= 0.3 is 0 Å². The summed E-state index contributed by atoms with van der Waals surface area (Å²) in [7, 11) is 0.791. The topological polar surface area (TPSA) is 9.23 Å². The summed E-state index contributed by atoms with van der Waals surface area (Å²) in [6.07, 6.45) is 8.41. The van der Waals surface area contributed by atoms with Crippen LogP contribution in [0.15, 0.2) is 6.07 Å². The van der Waals surface area contributed by atoms with Crippen molar-refractivity contribution in [3.63, 3.8) is 0 Å². The van der Waals surface area contributed by atoms with Gasteiger partial charge in [0.1, 0.15) is 11.9 Å². The molecule has 0 radical (unpaired) electrons. The molecule has 0 bridgehead atoms. The fourth-order valence-corrected chi connectivity index (χ4v) is 5.74. The number of rotatable bonds is 9. The van der Waals surface area contributed by atoms with E-state index in [1.807, 2.05) is 0 Å². The first-order valence-electron chi connectivity index (χ1n) is 9.69. The lowest BCUT2D eigenvalue weighted by atomic mass is 9.98. The number of benzene rings is 1. The maximum atomic E-state index is 6.71. The molecule has 4 atom stereocenters. The number of fused-ring (bicyclic) bond motifs is 1. The van der Waals surface area contributed by atoms with Crippen molar-refractivity contribution in [3.05, 3.63) is 22.8 Å². The second-order valence-corrected chi connectivity index (χ2v) is 11.7. The third-order valence-electron chi connectivity index (χ3n) is 5.33. The van der Waals surface area contributed by atoms with Crippen molar-refractivity contribution in [3.8, 4) is 5.75 Å². The summed E-state index contributed by atoms with van der Waals surface area (Å²) >= 11 is 9.16. The maximum Gasteiger partial charge on any atom is 0.130 e. The molecule has 25 heavy (non-hydrogen) atoms. The first-order chi connectivity index (χ1) is 11.8. The largest absolute Gasteiger partial charge is 0.489 e. The standard InChI is InChI=1S/C21H33ClIOP/c1-6-8-16-12-17-13-18(9-7-2)24-19(17)20(14(16)3)25-11-10-21(5,22)15(4)23/h12,15,18,25H,6-11,13H2,1-5H3.